The third-order valence-electron chi connectivity index (χ3n) is 3.07. The maximum atomic E-state index is 3.55. The molecular weight excluding hydrogens is 270 g/mol. The fraction of sp³-hybridized carbons (Fsp3) is 0.250. The van der Waals surface area contributed by atoms with Gasteiger partial charge in [0.05, 0.1) is 0 Å². The first kappa shape index (κ1) is 14.4. The van der Waals surface area contributed by atoms with Crippen LogP contribution >= 0.6 is 23.5 Å². The van der Waals surface area contributed by atoms with Crippen molar-refractivity contribution in [1.29, 1.82) is 0 Å². The molecule has 0 heterocycles. The Bertz CT molecular complexity index is 523. The van der Waals surface area contributed by atoms with Gasteiger partial charge in [-0.05, 0) is 55.3 Å². The molecule has 1 unspecified atom stereocenters. The third-order valence-corrected chi connectivity index (χ3v) is 4.54. The topological polar surface area (TPSA) is 12.0 Å². The van der Waals surface area contributed by atoms with Crippen LogP contribution in [0.25, 0.3) is 0 Å². The van der Waals surface area contributed by atoms with Crippen LogP contribution in [0.2, 0.25) is 0 Å². The zero-order valence-electron chi connectivity index (χ0n) is 11.5. The first-order valence-corrected chi connectivity index (χ1v) is 8.72. The molecule has 0 saturated heterocycles. The highest BCUT2D eigenvalue weighted by molar-refractivity contribution is 7.98. The number of hydrogen-bond donors (Lipinski definition) is 1. The third kappa shape index (κ3) is 3.95. The molecule has 2 aromatic carbocycles. The molecule has 1 N–H and O–H groups in total. The normalized spacial score (nSPS) is 12.2. The molecule has 0 aliphatic rings. The van der Waals surface area contributed by atoms with Crippen LogP contribution in [0.3, 0.4) is 0 Å². The van der Waals surface area contributed by atoms with Crippen LogP contribution in [0.4, 0.5) is 5.69 Å². The number of anilines is 1. The summed E-state index contributed by atoms with van der Waals surface area (Å²) in [7, 11) is 0. The van der Waals surface area contributed by atoms with Gasteiger partial charge in [0.25, 0.3) is 0 Å². The summed E-state index contributed by atoms with van der Waals surface area (Å²) in [6, 6.07) is 17.6. The molecule has 0 fully saturated rings. The standard InChI is InChI=1S/C16H19NS2/c1-12(13-7-9-15(18-2)10-8-13)17-14-5-4-6-16(11-14)19-3/h4-12,17H,1-3H3. The molecule has 19 heavy (non-hydrogen) atoms. The first-order chi connectivity index (χ1) is 9.22. The van der Waals surface area contributed by atoms with Gasteiger partial charge in [-0.3, -0.25) is 0 Å². The molecule has 3 heteroatoms. The van der Waals surface area contributed by atoms with Crippen LogP contribution in [-0.4, -0.2) is 12.5 Å². The van der Waals surface area contributed by atoms with Gasteiger partial charge >= 0.3 is 0 Å². The van der Waals surface area contributed by atoms with E-state index in [1.54, 1.807) is 23.5 Å². The van der Waals surface area contributed by atoms with E-state index in [0.717, 1.165) is 0 Å². The molecule has 0 bridgehead atoms. The highest BCUT2D eigenvalue weighted by Crippen LogP contribution is 2.24. The van der Waals surface area contributed by atoms with Gasteiger partial charge in [-0.25, -0.2) is 0 Å². The van der Waals surface area contributed by atoms with E-state index in [2.05, 4.69) is 73.3 Å². The molecular formula is C16H19NS2. The van der Waals surface area contributed by atoms with Crippen LogP contribution in [0.1, 0.15) is 18.5 Å². The molecule has 2 aromatic rings. The van der Waals surface area contributed by atoms with E-state index < -0.39 is 0 Å². The molecule has 1 atom stereocenters. The Morgan fingerprint density at radius 1 is 0.895 bits per heavy atom. The van der Waals surface area contributed by atoms with Gasteiger partial charge in [0.1, 0.15) is 0 Å². The maximum absolute atomic E-state index is 3.55. The van der Waals surface area contributed by atoms with Crippen molar-refractivity contribution in [2.45, 2.75) is 22.8 Å². The Morgan fingerprint density at radius 3 is 2.21 bits per heavy atom. The summed E-state index contributed by atoms with van der Waals surface area (Å²) < 4.78 is 0. The minimum atomic E-state index is 0.313. The largest absolute Gasteiger partial charge is 0.378 e. The van der Waals surface area contributed by atoms with Crippen molar-refractivity contribution in [2.75, 3.05) is 17.8 Å². The maximum Gasteiger partial charge on any atom is 0.0485 e. The molecule has 0 aliphatic carbocycles. The highest BCUT2D eigenvalue weighted by Gasteiger charge is 2.05. The predicted molar refractivity (Wildman–Crippen MR) is 88.5 cm³/mol. The van der Waals surface area contributed by atoms with Gasteiger partial charge in [-0.15, -0.1) is 23.5 Å². The van der Waals surface area contributed by atoms with E-state index in [1.165, 1.54) is 21.0 Å². The summed E-state index contributed by atoms with van der Waals surface area (Å²) in [5.74, 6) is 0. The Balaban J connectivity index is 2.08. The number of thioether (sulfide) groups is 2. The van der Waals surface area contributed by atoms with Gasteiger partial charge in [0.2, 0.25) is 0 Å². The molecule has 0 aromatic heterocycles. The second-order valence-corrected chi connectivity index (χ2v) is 6.13. The molecule has 0 aliphatic heterocycles. The zero-order valence-corrected chi connectivity index (χ0v) is 13.1. The fourth-order valence-electron chi connectivity index (χ4n) is 1.94. The molecule has 2 rings (SSSR count). The highest BCUT2D eigenvalue weighted by atomic mass is 32.2. The lowest BCUT2D eigenvalue weighted by atomic mass is 10.1. The average molecular weight is 289 g/mol. The monoisotopic (exact) mass is 289 g/mol. The Morgan fingerprint density at radius 2 is 1.58 bits per heavy atom. The fourth-order valence-corrected chi connectivity index (χ4v) is 2.81. The first-order valence-electron chi connectivity index (χ1n) is 6.27. The number of hydrogen-bond acceptors (Lipinski definition) is 3. The predicted octanol–water partition coefficient (Wildman–Crippen LogP) is 5.30. The molecule has 0 radical (unpaired) electrons. The van der Waals surface area contributed by atoms with Crippen LogP contribution in [0, 0.1) is 0 Å². The van der Waals surface area contributed by atoms with E-state index in [1.807, 2.05) is 0 Å². The molecule has 0 saturated carbocycles. The lowest BCUT2D eigenvalue weighted by Crippen LogP contribution is -2.06. The van der Waals surface area contributed by atoms with Crippen molar-refractivity contribution in [3.05, 3.63) is 54.1 Å². The smallest absolute Gasteiger partial charge is 0.0485 e. The van der Waals surface area contributed by atoms with E-state index >= 15 is 0 Å². The summed E-state index contributed by atoms with van der Waals surface area (Å²) in [6.45, 7) is 2.19. The van der Waals surface area contributed by atoms with Gasteiger partial charge < -0.3 is 5.32 Å². The Kier molecular flexibility index (Phi) is 5.23. The summed E-state index contributed by atoms with van der Waals surface area (Å²) in [4.78, 5) is 2.59. The summed E-state index contributed by atoms with van der Waals surface area (Å²) >= 11 is 3.54. The van der Waals surface area contributed by atoms with Crippen LogP contribution in [0.5, 0.6) is 0 Å². The lowest BCUT2D eigenvalue weighted by molar-refractivity contribution is 0.882. The van der Waals surface area contributed by atoms with Crippen molar-refractivity contribution < 1.29 is 0 Å². The molecule has 100 valence electrons. The minimum Gasteiger partial charge on any atom is -0.378 e. The Labute approximate surface area is 124 Å². The van der Waals surface area contributed by atoms with Gasteiger partial charge in [0, 0.05) is 21.5 Å². The van der Waals surface area contributed by atoms with Gasteiger partial charge in [0.15, 0.2) is 0 Å². The number of benzene rings is 2. The van der Waals surface area contributed by atoms with E-state index in [9.17, 15) is 0 Å². The quantitative estimate of drug-likeness (QED) is 0.750. The van der Waals surface area contributed by atoms with Crippen molar-refractivity contribution in [3.8, 4) is 0 Å². The summed E-state index contributed by atoms with van der Waals surface area (Å²) in [6.07, 6.45) is 4.20. The average Bonchev–Trinajstić information content (AvgIpc) is 2.47. The van der Waals surface area contributed by atoms with Gasteiger partial charge in [-0.1, -0.05) is 18.2 Å². The second kappa shape index (κ2) is 6.92. The lowest BCUT2D eigenvalue weighted by Gasteiger charge is -2.16. The number of nitrogens with one attached hydrogen (secondary N) is 1. The molecule has 1 nitrogen and oxygen atoms in total. The van der Waals surface area contributed by atoms with E-state index in [0.29, 0.717) is 6.04 Å². The Hall–Kier alpha value is -1.06. The zero-order chi connectivity index (χ0) is 13.7. The minimum absolute atomic E-state index is 0.313. The van der Waals surface area contributed by atoms with Crippen LogP contribution in [0.15, 0.2) is 58.3 Å². The van der Waals surface area contributed by atoms with E-state index in [4.69, 9.17) is 0 Å². The van der Waals surface area contributed by atoms with Crippen LogP contribution < -0.4 is 5.32 Å². The number of rotatable bonds is 5. The van der Waals surface area contributed by atoms with Crippen molar-refractivity contribution >= 4 is 29.2 Å². The SMILES string of the molecule is CSc1ccc(C(C)Nc2cccc(SC)c2)cc1. The van der Waals surface area contributed by atoms with Crippen molar-refractivity contribution in [3.63, 3.8) is 0 Å². The van der Waals surface area contributed by atoms with Gasteiger partial charge in [-0.2, -0.15) is 0 Å². The van der Waals surface area contributed by atoms with Crippen molar-refractivity contribution in [1.82, 2.24) is 0 Å². The summed E-state index contributed by atoms with van der Waals surface area (Å²) in [5.41, 5.74) is 2.49. The molecule has 0 amide bonds. The van der Waals surface area contributed by atoms with Crippen molar-refractivity contribution in [2.24, 2.45) is 0 Å². The van der Waals surface area contributed by atoms with Crippen LogP contribution in [-0.2, 0) is 0 Å². The second-order valence-electron chi connectivity index (χ2n) is 4.37. The summed E-state index contributed by atoms with van der Waals surface area (Å²) in [5, 5.41) is 3.55. The molecule has 0 spiro atoms. The van der Waals surface area contributed by atoms with E-state index in [-0.39, 0.29) is 0 Å².